The third-order valence-electron chi connectivity index (χ3n) is 4.95. The van der Waals surface area contributed by atoms with Gasteiger partial charge in [0.1, 0.15) is 0 Å². The molecule has 0 saturated heterocycles. The second kappa shape index (κ2) is 5.64. The molecule has 2 rings (SSSR count). The van der Waals surface area contributed by atoms with Crippen molar-refractivity contribution < 1.29 is 0 Å². The molecule has 0 spiro atoms. The lowest BCUT2D eigenvalue weighted by molar-refractivity contribution is 0.0711. The number of nitrogens with two attached hydrogens (primary N) is 1. The molecule has 0 radical (unpaired) electrons. The minimum atomic E-state index is 0.114. The highest BCUT2D eigenvalue weighted by Gasteiger charge is 2.40. The molecule has 1 aromatic rings. The largest absolute Gasteiger partial charge is 0.322 e. The van der Waals surface area contributed by atoms with E-state index in [0.717, 1.165) is 0 Å². The molecule has 0 amide bonds. The van der Waals surface area contributed by atoms with Crippen LogP contribution < -0.4 is 5.73 Å². The number of likely N-dealkylation sites (N-methyl/N-ethyl adjacent to an activating group) is 1. The number of nitrogens with zero attached hydrogens (tertiary/aromatic N) is 1. The van der Waals surface area contributed by atoms with Crippen LogP contribution in [-0.4, -0.2) is 24.5 Å². The van der Waals surface area contributed by atoms with Gasteiger partial charge in [-0.1, -0.05) is 43.0 Å². The Morgan fingerprint density at radius 2 is 1.74 bits per heavy atom. The van der Waals surface area contributed by atoms with Crippen LogP contribution in [0.1, 0.15) is 54.8 Å². The van der Waals surface area contributed by atoms with Crippen LogP contribution >= 0.6 is 0 Å². The summed E-state index contributed by atoms with van der Waals surface area (Å²) in [7, 11) is 4.38. The van der Waals surface area contributed by atoms with Crippen molar-refractivity contribution in [3.05, 3.63) is 34.9 Å². The first-order valence-electron chi connectivity index (χ1n) is 7.47. The molecule has 0 heterocycles. The summed E-state index contributed by atoms with van der Waals surface area (Å²) in [5.41, 5.74) is 10.8. The van der Waals surface area contributed by atoms with Gasteiger partial charge in [-0.15, -0.1) is 0 Å². The number of rotatable bonds is 3. The summed E-state index contributed by atoms with van der Waals surface area (Å²) in [5, 5.41) is 0. The van der Waals surface area contributed by atoms with E-state index in [2.05, 4.69) is 51.0 Å². The van der Waals surface area contributed by atoms with E-state index in [4.69, 9.17) is 5.73 Å². The van der Waals surface area contributed by atoms with Crippen LogP contribution in [0.15, 0.2) is 18.2 Å². The molecule has 1 fully saturated rings. The SMILES string of the molecule is Cc1ccc(C(N)C2(N(C)C)CCCCC2)c(C)c1. The molecule has 2 heteroatoms. The van der Waals surface area contributed by atoms with Crippen LogP contribution in [0.5, 0.6) is 0 Å². The predicted octanol–water partition coefficient (Wildman–Crippen LogP) is 3.57. The summed E-state index contributed by atoms with van der Waals surface area (Å²) < 4.78 is 0. The van der Waals surface area contributed by atoms with Crippen molar-refractivity contribution in [2.24, 2.45) is 5.73 Å². The zero-order valence-corrected chi connectivity index (χ0v) is 12.9. The van der Waals surface area contributed by atoms with Crippen molar-refractivity contribution in [2.45, 2.75) is 57.5 Å². The summed E-state index contributed by atoms with van der Waals surface area (Å²) in [5.74, 6) is 0. The molecule has 1 atom stereocenters. The molecule has 106 valence electrons. The van der Waals surface area contributed by atoms with Crippen LogP contribution in [-0.2, 0) is 0 Å². The molecule has 1 saturated carbocycles. The van der Waals surface area contributed by atoms with Crippen molar-refractivity contribution in [1.29, 1.82) is 0 Å². The molecule has 2 N–H and O–H groups in total. The van der Waals surface area contributed by atoms with Gasteiger partial charge >= 0.3 is 0 Å². The second-order valence-corrected chi connectivity index (χ2v) is 6.40. The molecule has 1 aromatic carbocycles. The van der Waals surface area contributed by atoms with Gasteiger partial charge < -0.3 is 10.6 Å². The fourth-order valence-electron chi connectivity index (χ4n) is 3.66. The van der Waals surface area contributed by atoms with E-state index in [1.807, 2.05) is 0 Å². The molecule has 2 nitrogen and oxygen atoms in total. The second-order valence-electron chi connectivity index (χ2n) is 6.40. The van der Waals surface area contributed by atoms with Crippen LogP contribution in [0, 0.1) is 13.8 Å². The molecule has 1 aliphatic carbocycles. The normalized spacial score (nSPS) is 20.5. The highest BCUT2D eigenvalue weighted by molar-refractivity contribution is 5.34. The van der Waals surface area contributed by atoms with Gasteiger partial charge in [-0.2, -0.15) is 0 Å². The Bertz CT molecular complexity index is 431. The Kier molecular flexibility index (Phi) is 4.32. The number of benzene rings is 1. The highest BCUT2D eigenvalue weighted by Crippen LogP contribution is 2.41. The van der Waals surface area contributed by atoms with Crippen molar-refractivity contribution in [3.8, 4) is 0 Å². The molecule has 0 aliphatic heterocycles. The number of hydrogen-bond acceptors (Lipinski definition) is 2. The fourth-order valence-corrected chi connectivity index (χ4v) is 3.66. The fraction of sp³-hybridized carbons (Fsp3) is 0.647. The Balaban J connectivity index is 2.36. The van der Waals surface area contributed by atoms with Gasteiger partial charge in [-0.3, -0.25) is 0 Å². The van der Waals surface area contributed by atoms with E-state index < -0.39 is 0 Å². The van der Waals surface area contributed by atoms with Crippen LogP contribution in [0.25, 0.3) is 0 Å². The van der Waals surface area contributed by atoms with Crippen molar-refractivity contribution in [1.82, 2.24) is 4.90 Å². The van der Waals surface area contributed by atoms with Crippen LogP contribution in [0.2, 0.25) is 0 Å². The van der Waals surface area contributed by atoms with Gasteiger partial charge in [0, 0.05) is 11.6 Å². The summed E-state index contributed by atoms with van der Waals surface area (Å²) in [6, 6.07) is 6.79. The Hall–Kier alpha value is -0.860. The third kappa shape index (κ3) is 2.70. The van der Waals surface area contributed by atoms with Gasteiger partial charge in [0.15, 0.2) is 0 Å². The van der Waals surface area contributed by atoms with Gasteiger partial charge in [0.2, 0.25) is 0 Å². The Morgan fingerprint density at radius 1 is 1.11 bits per heavy atom. The Morgan fingerprint density at radius 3 is 2.26 bits per heavy atom. The molecular formula is C17H28N2. The predicted molar refractivity (Wildman–Crippen MR) is 82.3 cm³/mol. The first-order chi connectivity index (χ1) is 8.97. The van der Waals surface area contributed by atoms with Crippen LogP contribution in [0.4, 0.5) is 0 Å². The quantitative estimate of drug-likeness (QED) is 0.900. The molecular weight excluding hydrogens is 232 g/mol. The summed E-state index contributed by atoms with van der Waals surface area (Å²) in [4.78, 5) is 2.37. The lowest BCUT2D eigenvalue weighted by atomic mass is 9.72. The maximum absolute atomic E-state index is 6.71. The smallest absolute Gasteiger partial charge is 0.0484 e. The standard InChI is InChI=1S/C17H28N2/c1-13-8-9-15(14(2)12-13)16(18)17(19(3)4)10-6-5-7-11-17/h8-9,12,16H,5-7,10-11,18H2,1-4H3. The zero-order chi connectivity index (χ0) is 14.0. The van der Waals surface area contributed by atoms with E-state index in [0.29, 0.717) is 0 Å². The van der Waals surface area contributed by atoms with Gasteiger partial charge in [0.25, 0.3) is 0 Å². The average Bonchev–Trinajstić information content (AvgIpc) is 2.38. The number of hydrogen-bond donors (Lipinski definition) is 1. The van der Waals surface area contributed by atoms with E-state index in [1.165, 1.54) is 48.8 Å². The summed E-state index contributed by atoms with van der Waals surface area (Å²) in [6.45, 7) is 4.33. The minimum Gasteiger partial charge on any atom is -0.322 e. The maximum Gasteiger partial charge on any atom is 0.0484 e. The van der Waals surface area contributed by atoms with Gasteiger partial charge in [-0.05, 0) is 51.9 Å². The average molecular weight is 260 g/mol. The first-order valence-corrected chi connectivity index (χ1v) is 7.47. The highest BCUT2D eigenvalue weighted by atomic mass is 15.2. The topological polar surface area (TPSA) is 29.3 Å². The first kappa shape index (κ1) is 14.5. The number of aryl methyl sites for hydroxylation is 2. The monoisotopic (exact) mass is 260 g/mol. The van der Waals surface area contributed by atoms with Crippen LogP contribution in [0.3, 0.4) is 0 Å². The Labute approximate surface area is 118 Å². The molecule has 19 heavy (non-hydrogen) atoms. The van der Waals surface area contributed by atoms with Crippen molar-refractivity contribution >= 4 is 0 Å². The lowest BCUT2D eigenvalue weighted by Crippen LogP contribution is -2.53. The van der Waals surface area contributed by atoms with E-state index in [-0.39, 0.29) is 11.6 Å². The third-order valence-corrected chi connectivity index (χ3v) is 4.95. The lowest BCUT2D eigenvalue weighted by Gasteiger charge is -2.47. The maximum atomic E-state index is 6.71. The van der Waals surface area contributed by atoms with E-state index in [1.54, 1.807) is 0 Å². The van der Waals surface area contributed by atoms with Crippen molar-refractivity contribution in [3.63, 3.8) is 0 Å². The van der Waals surface area contributed by atoms with E-state index in [9.17, 15) is 0 Å². The molecule has 1 aliphatic rings. The van der Waals surface area contributed by atoms with E-state index >= 15 is 0 Å². The van der Waals surface area contributed by atoms with Crippen molar-refractivity contribution in [2.75, 3.05) is 14.1 Å². The summed E-state index contributed by atoms with van der Waals surface area (Å²) in [6.07, 6.45) is 6.39. The molecule has 1 unspecified atom stereocenters. The molecule has 0 bridgehead atoms. The zero-order valence-electron chi connectivity index (χ0n) is 12.9. The molecule has 0 aromatic heterocycles. The minimum absolute atomic E-state index is 0.114. The van der Waals surface area contributed by atoms with Gasteiger partial charge in [0.05, 0.1) is 0 Å². The van der Waals surface area contributed by atoms with Gasteiger partial charge in [-0.25, -0.2) is 0 Å². The summed E-state index contributed by atoms with van der Waals surface area (Å²) >= 11 is 0.